The number of benzene rings is 1. The fraction of sp³-hybridized carbons (Fsp3) is 0.0833. The molecular formula is C12H12ClN5S. The lowest BCUT2D eigenvalue weighted by Crippen LogP contribution is -2.24. The number of nitrogens with one attached hydrogen (secondary N) is 1. The Morgan fingerprint density at radius 2 is 2.16 bits per heavy atom. The molecule has 0 unspecified atom stereocenters. The van der Waals surface area contributed by atoms with Gasteiger partial charge in [-0.25, -0.2) is 4.68 Å². The van der Waals surface area contributed by atoms with Crippen molar-refractivity contribution in [2.45, 2.75) is 6.92 Å². The summed E-state index contributed by atoms with van der Waals surface area (Å²) in [5.74, 6) is 0. The highest BCUT2D eigenvalue weighted by Crippen LogP contribution is 2.21. The number of hydrogen-bond acceptors (Lipinski definition) is 3. The molecule has 5 nitrogen and oxygen atoms in total. The lowest BCUT2D eigenvalue weighted by molar-refractivity contribution is 0.863. The Morgan fingerprint density at radius 3 is 2.79 bits per heavy atom. The summed E-state index contributed by atoms with van der Waals surface area (Å²) in [5, 5.41) is 8.85. The van der Waals surface area contributed by atoms with Crippen molar-refractivity contribution >= 4 is 35.1 Å². The maximum absolute atomic E-state index is 6.30. The lowest BCUT2D eigenvalue weighted by atomic mass is 10.3. The summed E-state index contributed by atoms with van der Waals surface area (Å²) in [6.07, 6.45) is 1.54. The van der Waals surface area contributed by atoms with E-state index in [1.807, 2.05) is 37.3 Å². The monoisotopic (exact) mass is 293 g/mol. The molecule has 7 heteroatoms. The number of hydrogen-bond donors (Lipinski definition) is 2. The zero-order valence-electron chi connectivity index (χ0n) is 10.2. The Bertz CT molecular complexity index is 621. The van der Waals surface area contributed by atoms with Crippen LogP contribution in [0, 0.1) is 6.92 Å². The molecule has 0 saturated carbocycles. The van der Waals surface area contributed by atoms with Crippen molar-refractivity contribution in [2.75, 3.05) is 0 Å². The minimum atomic E-state index is 0.0977. The Hall–Kier alpha value is -1.92. The van der Waals surface area contributed by atoms with E-state index < -0.39 is 0 Å². The van der Waals surface area contributed by atoms with E-state index in [9.17, 15) is 0 Å². The van der Waals surface area contributed by atoms with Gasteiger partial charge in [0.15, 0.2) is 5.11 Å². The molecule has 0 saturated heterocycles. The fourth-order valence-corrected chi connectivity index (χ4v) is 1.93. The first kappa shape index (κ1) is 13.5. The van der Waals surface area contributed by atoms with Gasteiger partial charge in [0, 0.05) is 0 Å². The van der Waals surface area contributed by atoms with E-state index in [1.54, 1.807) is 10.9 Å². The number of aryl methyl sites for hydroxylation is 1. The molecular weight excluding hydrogens is 282 g/mol. The van der Waals surface area contributed by atoms with Crippen molar-refractivity contribution in [3.05, 3.63) is 46.7 Å². The molecule has 3 N–H and O–H groups in total. The van der Waals surface area contributed by atoms with Crippen molar-refractivity contribution in [3.8, 4) is 5.69 Å². The molecule has 0 aliphatic rings. The van der Waals surface area contributed by atoms with Gasteiger partial charge in [0.2, 0.25) is 0 Å². The summed E-state index contributed by atoms with van der Waals surface area (Å²) in [7, 11) is 0. The van der Waals surface area contributed by atoms with Crippen LogP contribution in [0.15, 0.2) is 35.4 Å². The molecule has 0 spiro atoms. The molecule has 0 aliphatic carbocycles. The van der Waals surface area contributed by atoms with Gasteiger partial charge in [0.25, 0.3) is 0 Å². The summed E-state index contributed by atoms with van der Waals surface area (Å²) in [6.45, 7) is 1.85. The molecule has 0 radical (unpaired) electrons. The van der Waals surface area contributed by atoms with Crippen molar-refractivity contribution in [1.29, 1.82) is 0 Å². The third-order valence-electron chi connectivity index (χ3n) is 2.42. The van der Waals surface area contributed by atoms with Crippen LogP contribution in [0.1, 0.15) is 11.3 Å². The molecule has 98 valence electrons. The van der Waals surface area contributed by atoms with Gasteiger partial charge in [-0.1, -0.05) is 29.8 Å². The maximum atomic E-state index is 6.30. The van der Waals surface area contributed by atoms with Gasteiger partial charge in [0.1, 0.15) is 5.15 Å². The standard InChI is InChI=1S/C12H12ClN5S/c1-8-10(7-15-16-12(14)19)11(13)18(17-8)9-5-3-2-4-6-9/h2-7H,1H3,(H3,14,16,19)/b15-7+. The second-order valence-electron chi connectivity index (χ2n) is 3.77. The van der Waals surface area contributed by atoms with E-state index in [2.05, 4.69) is 27.8 Å². The summed E-state index contributed by atoms with van der Waals surface area (Å²) in [5.41, 5.74) is 10.1. The molecule has 2 rings (SSSR count). The number of aromatic nitrogens is 2. The number of rotatable bonds is 3. The zero-order chi connectivity index (χ0) is 13.8. The van der Waals surface area contributed by atoms with E-state index in [1.165, 1.54) is 0 Å². The molecule has 0 fully saturated rings. The van der Waals surface area contributed by atoms with Gasteiger partial charge in [-0.15, -0.1) is 0 Å². The zero-order valence-corrected chi connectivity index (χ0v) is 11.7. The topological polar surface area (TPSA) is 68.2 Å². The number of nitrogens with zero attached hydrogens (tertiary/aromatic N) is 3. The third-order valence-corrected chi connectivity index (χ3v) is 2.87. The normalized spacial score (nSPS) is 10.8. The third kappa shape index (κ3) is 3.10. The van der Waals surface area contributed by atoms with E-state index in [0.29, 0.717) is 10.7 Å². The molecule has 0 amide bonds. The van der Waals surface area contributed by atoms with Crippen molar-refractivity contribution in [3.63, 3.8) is 0 Å². The van der Waals surface area contributed by atoms with Crippen LogP contribution in [0.25, 0.3) is 5.69 Å². The largest absolute Gasteiger partial charge is 0.375 e. The summed E-state index contributed by atoms with van der Waals surface area (Å²) < 4.78 is 1.65. The summed E-state index contributed by atoms with van der Waals surface area (Å²) >= 11 is 11.0. The minimum Gasteiger partial charge on any atom is -0.375 e. The predicted octanol–water partition coefficient (Wildman–Crippen LogP) is 2.00. The predicted molar refractivity (Wildman–Crippen MR) is 80.8 cm³/mol. The first-order valence-corrected chi connectivity index (χ1v) is 6.27. The Labute approximate surface area is 121 Å². The second-order valence-corrected chi connectivity index (χ2v) is 4.57. The molecule has 0 atom stereocenters. The van der Waals surface area contributed by atoms with Crippen LogP contribution < -0.4 is 11.2 Å². The SMILES string of the molecule is Cc1nn(-c2ccccc2)c(Cl)c1/C=N/NC(N)=S. The van der Waals surface area contributed by atoms with Crippen molar-refractivity contribution < 1.29 is 0 Å². The Balaban J connectivity index is 2.35. The van der Waals surface area contributed by atoms with Gasteiger partial charge >= 0.3 is 0 Å². The van der Waals surface area contributed by atoms with E-state index in [-0.39, 0.29) is 5.11 Å². The molecule has 0 bridgehead atoms. The number of hydrazone groups is 1. The van der Waals surface area contributed by atoms with Crippen molar-refractivity contribution in [1.82, 2.24) is 15.2 Å². The fourth-order valence-electron chi connectivity index (χ4n) is 1.56. The first-order valence-electron chi connectivity index (χ1n) is 5.48. The molecule has 0 aliphatic heterocycles. The van der Waals surface area contributed by atoms with Crippen LogP contribution >= 0.6 is 23.8 Å². The van der Waals surface area contributed by atoms with Crippen molar-refractivity contribution in [2.24, 2.45) is 10.8 Å². The number of halogens is 1. The Kier molecular flexibility index (Phi) is 4.13. The van der Waals surface area contributed by atoms with Gasteiger partial charge in [-0.05, 0) is 31.3 Å². The minimum absolute atomic E-state index is 0.0977. The van der Waals surface area contributed by atoms with Gasteiger partial charge in [0.05, 0.1) is 23.2 Å². The van der Waals surface area contributed by atoms with Gasteiger partial charge in [-0.3, -0.25) is 5.43 Å². The number of para-hydroxylation sites is 1. The summed E-state index contributed by atoms with van der Waals surface area (Å²) in [6, 6.07) is 9.62. The Morgan fingerprint density at radius 1 is 1.47 bits per heavy atom. The maximum Gasteiger partial charge on any atom is 0.184 e. The highest BCUT2D eigenvalue weighted by Gasteiger charge is 2.12. The smallest absolute Gasteiger partial charge is 0.184 e. The molecule has 19 heavy (non-hydrogen) atoms. The van der Waals surface area contributed by atoms with Crippen LogP contribution in [0.4, 0.5) is 0 Å². The van der Waals surface area contributed by atoms with Crippen LogP contribution in [0.3, 0.4) is 0 Å². The molecule has 1 aromatic carbocycles. The summed E-state index contributed by atoms with van der Waals surface area (Å²) in [4.78, 5) is 0. The molecule has 1 aromatic heterocycles. The average Bonchev–Trinajstić information content (AvgIpc) is 2.67. The van der Waals surface area contributed by atoms with Gasteiger partial charge in [-0.2, -0.15) is 10.2 Å². The molecule has 1 heterocycles. The molecule has 2 aromatic rings. The van der Waals surface area contributed by atoms with Crippen LogP contribution in [-0.2, 0) is 0 Å². The van der Waals surface area contributed by atoms with Crippen LogP contribution in [0.2, 0.25) is 5.15 Å². The number of nitrogens with two attached hydrogens (primary N) is 1. The van der Waals surface area contributed by atoms with E-state index >= 15 is 0 Å². The second kappa shape index (κ2) is 5.81. The van der Waals surface area contributed by atoms with Gasteiger partial charge < -0.3 is 5.73 Å². The number of thiocarbonyl (C=S) groups is 1. The average molecular weight is 294 g/mol. The first-order chi connectivity index (χ1) is 9.09. The van der Waals surface area contributed by atoms with E-state index in [0.717, 1.165) is 11.4 Å². The quantitative estimate of drug-likeness (QED) is 0.516. The highest BCUT2D eigenvalue weighted by atomic mass is 35.5. The van der Waals surface area contributed by atoms with Crippen LogP contribution in [-0.4, -0.2) is 21.1 Å². The highest BCUT2D eigenvalue weighted by molar-refractivity contribution is 7.80. The van der Waals surface area contributed by atoms with Crippen LogP contribution in [0.5, 0.6) is 0 Å². The lowest BCUT2D eigenvalue weighted by Gasteiger charge is -2.01. The van der Waals surface area contributed by atoms with E-state index in [4.69, 9.17) is 17.3 Å².